The molecule has 0 N–H and O–H groups in total. The first-order chi connectivity index (χ1) is 21.8. The van der Waals surface area contributed by atoms with E-state index in [1.54, 1.807) is 57.6 Å². The molecule has 0 amide bonds. The molecule has 3 aromatic carbocycles. The molecule has 0 aliphatic carbocycles. The molecule has 0 saturated carbocycles. The van der Waals surface area contributed by atoms with Gasteiger partial charge in [-0.05, 0) is 55.8 Å². The zero-order valence-corrected chi connectivity index (χ0v) is 27.6. The Bertz CT molecular complexity index is 1950. The maximum atomic E-state index is 14.3. The lowest BCUT2D eigenvalue weighted by molar-refractivity contribution is -0.139. The van der Waals surface area contributed by atoms with Crippen molar-refractivity contribution in [1.29, 1.82) is 0 Å². The van der Waals surface area contributed by atoms with Gasteiger partial charge >= 0.3 is 5.97 Å². The number of hydrogen-bond acceptors (Lipinski definition) is 8. The van der Waals surface area contributed by atoms with Crippen LogP contribution < -0.4 is 29.1 Å². The largest absolute Gasteiger partial charge is 0.497 e. The molecule has 45 heavy (non-hydrogen) atoms. The van der Waals surface area contributed by atoms with E-state index in [9.17, 15) is 9.59 Å². The number of carbonyl (C=O) groups is 1. The Morgan fingerprint density at radius 3 is 2.53 bits per heavy atom. The number of benzene rings is 3. The summed E-state index contributed by atoms with van der Waals surface area (Å²) in [6.45, 7) is 4.14. The second-order valence-corrected chi connectivity index (χ2v) is 11.9. The fourth-order valence-electron chi connectivity index (χ4n) is 5.13. The minimum absolute atomic E-state index is 0.173. The third-order valence-corrected chi connectivity index (χ3v) is 8.80. The summed E-state index contributed by atoms with van der Waals surface area (Å²) in [7, 11) is 3.10. The molecule has 234 valence electrons. The topological polar surface area (TPSA) is 88.4 Å². The molecule has 5 rings (SSSR count). The number of methoxy groups -OCH3 is 2. The van der Waals surface area contributed by atoms with Crippen molar-refractivity contribution >= 4 is 46.6 Å². The Labute approximate surface area is 274 Å². The van der Waals surface area contributed by atoms with Crippen LogP contribution in [0.1, 0.15) is 49.4 Å². The van der Waals surface area contributed by atoms with E-state index in [1.807, 2.05) is 37.3 Å². The number of ether oxygens (including phenoxy) is 4. The van der Waals surface area contributed by atoms with Crippen molar-refractivity contribution in [2.45, 2.75) is 39.3 Å². The molecule has 4 aromatic rings. The van der Waals surface area contributed by atoms with E-state index in [4.69, 9.17) is 47.1 Å². The monoisotopic (exact) mass is 666 g/mol. The van der Waals surface area contributed by atoms with Gasteiger partial charge in [-0.2, -0.15) is 0 Å². The summed E-state index contributed by atoms with van der Waals surface area (Å²) in [5.41, 5.74) is 2.61. The summed E-state index contributed by atoms with van der Waals surface area (Å²) >= 11 is 13.6. The standard InChI is InChI=1S/C34H32Cl2N2O6S/c1-5-9-26-30(33(40)43-6-2)31(24-18-23(41-3)14-15-28(24)42-4)38-32(39)29(45-34(38)37-26)16-20-10-7-8-11-27(20)44-19-21-12-13-22(35)17-25(21)36/h7-8,10-18,31H,5-6,9,19H2,1-4H3/b29-16+/t31-/m1/s1. The third-order valence-electron chi connectivity index (χ3n) is 7.23. The molecule has 1 aliphatic heterocycles. The predicted octanol–water partition coefficient (Wildman–Crippen LogP) is 6.48. The van der Waals surface area contributed by atoms with Crippen molar-refractivity contribution in [3.05, 3.63) is 118 Å². The number of halogens is 2. The molecule has 0 saturated heterocycles. The molecule has 0 spiro atoms. The van der Waals surface area contributed by atoms with Crippen LogP contribution in [0.5, 0.6) is 17.2 Å². The highest BCUT2D eigenvalue weighted by molar-refractivity contribution is 7.07. The number of para-hydroxylation sites is 1. The molecule has 0 unspecified atom stereocenters. The number of aromatic nitrogens is 1. The molecule has 1 aliphatic rings. The molecule has 2 heterocycles. The summed E-state index contributed by atoms with van der Waals surface area (Å²) in [5, 5.41) is 1.04. The van der Waals surface area contributed by atoms with Gasteiger partial charge in [0.1, 0.15) is 29.9 Å². The summed E-state index contributed by atoms with van der Waals surface area (Å²) in [6.07, 6.45) is 3.03. The van der Waals surface area contributed by atoms with Gasteiger partial charge in [-0.15, -0.1) is 0 Å². The summed E-state index contributed by atoms with van der Waals surface area (Å²) in [6, 6.07) is 17.1. The van der Waals surface area contributed by atoms with Crippen LogP contribution in [0.2, 0.25) is 10.0 Å². The van der Waals surface area contributed by atoms with Crippen LogP contribution >= 0.6 is 34.5 Å². The maximum absolute atomic E-state index is 14.3. The van der Waals surface area contributed by atoms with Crippen molar-refractivity contribution < 1.29 is 23.7 Å². The van der Waals surface area contributed by atoms with Crippen molar-refractivity contribution in [2.75, 3.05) is 20.8 Å². The van der Waals surface area contributed by atoms with Gasteiger partial charge in [0.2, 0.25) is 0 Å². The van der Waals surface area contributed by atoms with E-state index in [0.717, 1.165) is 12.0 Å². The number of hydrogen-bond donors (Lipinski definition) is 0. The second-order valence-electron chi connectivity index (χ2n) is 10.1. The van der Waals surface area contributed by atoms with Gasteiger partial charge < -0.3 is 18.9 Å². The SMILES string of the molecule is CCCC1=C(C(=O)OCC)[C@@H](c2cc(OC)ccc2OC)n2c(s/c(=C/c3ccccc3OCc3ccc(Cl)cc3Cl)c2=O)=N1. The number of esters is 1. The Balaban J connectivity index is 1.68. The predicted molar refractivity (Wildman–Crippen MR) is 176 cm³/mol. The Kier molecular flexibility index (Phi) is 10.3. The van der Waals surface area contributed by atoms with E-state index in [0.29, 0.717) is 65.4 Å². The van der Waals surface area contributed by atoms with E-state index in [2.05, 4.69) is 0 Å². The van der Waals surface area contributed by atoms with Crippen LogP contribution in [0.4, 0.5) is 0 Å². The molecule has 11 heteroatoms. The Morgan fingerprint density at radius 1 is 1.02 bits per heavy atom. The highest BCUT2D eigenvalue weighted by Crippen LogP contribution is 2.39. The summed E-state index contributed by atoms with van der Waals surface area (Å²) in [4.78, 5) is 33.1. The Hall–Kier alpha value is -4.05. The first-order valence-electron chi connectivity index (χ1n) is 14.4. The van der Waals surface area contributed by atoms with Gasteiger partial charge in [0.15, 0.2) is 4.80 Å². The van der Waals surface area contributed by atoms with Crippen molar-refractivity contribution in [3.63, 3.8) is 0 Å². The number of allylic oxidation sites excluding steroid dienone is 1. The second kappa shape index (κ2) is 14.4. The fraction of sp³-hybridized carbons (Fsp3) is 0.265. The average molecular weight is 668 g/mol. The van der Waals surface area contributed by atoms with Gasteiger partial charge in [0.05, 0.1) is 36.6 Å². The maximum Gasteiger partial charge on any atom is 0.338 e. The lowest BCUT2D eigenvalue weighted by Gasteiger charge is -2.27. The molecule has 0 fully saturated rings. The van der Waals surface area contributed by atoms with Gasteiger partial charge in [-0.25, -0.2) is 9.79 Å². The van der Waals surface area contributed by atoms with Crippen LogP contribution in [0.15, 0.2) is 81.7 Å². The van der Waals surface area contributed by atoms with Crippen LogP contribution in [0, 0.1) is 0 Å². The van der Waals surface area contributed by atoms with Crippen molar-refractivity contribution in [1.82, 2.24) is 4.57 Å². The number of fused-ring (bicyclic) bond motifs is 1. The molecule has 0 bridgehead atoms. The smallest absolute Gasteiger partial charge is 0.338 e. The number of nitrogens with zero attached hydrogens (tertiary/aromatic N) is 2. The van der Waals surface area contributed by atoms with Gasteiger partial charge in [-0.1, -0.05) is 72.1 Å². The van der Waals surface area contributed by atoms with Crippen LogP contribution in [-0.2, 0) is 16.1 Å². The summed E-state index contributed by atoms with van der Waals surface area (Å²) in [5.74, 6) is 1.08. The van der Waals surface area contributed by atoms with E-state index in [1.165, 1.54) is 15.9 Å². The van der Waals surface area contributed by atoms with E-state index in [-0.39, 0.29) is 18.8 Å². The molecular weight excluding hydrogens is 635 g/mol. The number of carbonyl (C=O) groups excluding carboxylic acids is 1. The lowest BCUT2D eigenvalue weighted by atomic mass is 9.93. The quantitative estimate of drug-likeness (QED) is 0.170. The Morgan fingerprint density at radius 2 is 1.82 bits per heavy atom. The zero-order chi connectivity index (χ0) is 32.1. The fourth-order valence-corrected chi connectivity index (χ4v) is 6.61. The first kappa shape index (κ1) is 32.3. The molecule has 8 nitrogen and oxygen atoms in total. The summed E-state index contributed by atoms with van der Waals surface area (Å²) < 4.78 is 24.8. The number of rotatable bonds is 11. The molecule has 0 radical (unpaired) electrons. The van der Waals surface area contributed by atoms with Gasteiger partial charge in [0, 0.05) is 26.7 Å². The zero-order valence-electron chi connectivity index (χ0n) is 25.3. The minimum Gasteiger partial charge on any atom is -0.497 e. The lowest BCUT2D eigenvalue weighted by Crippen LogP contribution is -2.40. The average Bonchev–Trinajstić information content (AvgIpc) is 3.34. The van der Waals surface area contributed by atoms with Crippen LogP contribution in [0.25, 0.3) is 6.08 Å². The van der Waals surface area contributed by atoms with Gasteiger partial charge in [0.25, 0.3) is 5.56 Å². The highest BCUT2D eigenvalue weighted by Gasteiger charge is 2.36. The molecular formula is C34H32Cl2N2O6S. The van der Waals surface area contributed by atoms with Crippen LogP contribution in [-0.4, -0.2) is 31.4 Å². The van der Waals surface area contributed by atoms with E-state index >= 15 is 0 Å². The third kappa shape index (κ3) is 6.81. The first-order valence-corrected chi connectivity index (χ1v) is 16.0. The normalized spacial score (nSPS) is 14.5. The van der Waals surface area contributed by atoms with Crippen molar-refractivity contribution in [3.8, 4) is 17.2 Å². The van der Waals surface area contributed by atoms with Crippen LogP contribution in [0.3, 0.4) is 0 Å². The highest BCUT2D eigenvalue weighted by atomic mass is 35.5. The van der Waals surface area contributed by atoms with E-state index < -0.39 is 12.0 Å². The minimum atomic E-state index is -0.854. The number of thiazole rings is 1. The van der Waals surface area contributed by atoms with Gasteiger partial charge in [-0.3, -0.25) is 9.36 Å². The molecule has 1 atom stereocenters. The van der Waals surface area contributed by atoms with Crippen molar-refractivity contribution in [2.24, 2.45) is 4.99 Å². The molecule has 1 aromatic heterocycles.